The zero-order valence-corrected chi connectivity index (χ0v) is 14.3. The molecule has 1 atom stereocenters. The molecule has 1 fully saturated rings. The Morgan fingerprint density at radius 1 is 1.50 bits per heavy atom. The lowest BCUT2D eigenvalue weighted by Crippen LogP contribution is -2.54. The van der Waals surface area contributed by atoms with Crippen molar-refractivity contribution in [2.45, 2.75) is 25.6 Å². The van der Waals surface area contributed by atoms with E-state index in [1.807, 2.05) is 24.3 Å². The van der Waals surface area contributed by atoms with Gasteiger partial charge in [0.05, 0.1) is 11.7 Å². The Kier molecular flexibility index (Phi) is 5.73. The molecule has 1 unspecified atom stereocenters. The lowest BCUT2D eigenvalue weighted by molar-refractivity contribution is -0.128. The number of ether oxygens (including phenoxy) is 2. The molecule has 1 aromatic rings. The van der Waals surface area contributed by atoms with Gasteiger partial charge in [0.1, 0.15) is 12.4 Å². The monoisotopic (exact) mass is 361 g/mol. The number of benzene rings is 1. The summed E-state index contributed by atoms with van der Waals surface area (Å²) in [4.78, 5) is 2.36. The van der Waals surface area contributed by atoms with Crippen molar-refractivity contribution in [3.63, 3.8) is 0 Å². The summed E-state index contributed by atoms with van der Waals surface area (Å²) in [5.41, 5.74) is -0.145. The first-order valence-electron chi connectivity index (χ1n) is 6.83. The van der Waals surface area contributed by atoms with E-state index in [9.17, 15) is 0 Å². The SMILES string of the molecule is CC1(C)CN(CCOc2cccc(Br)c2)CC(CCl)O1. The zero-order chi connectivity index (χ0) is 14.6. The van der Waals surface area contributed by atoms with Crippen LogP contribution in [0.1, 0.15) is 13.8 Å². The molecule has 0 bridgehead atoms. The van der Waals surface area contributed by atoms with Crippen molar-refractivity contribution in [1.29, 1.82) is 0 Å². The molecule has 3 nitrogen and oxygen atoms in total. The van der Waals surface area contributed by atoms with Crippen LogP contribution in [-0.4, -0.2) is 48.7 Å². The number of hydrogen-bond donors (Lipinski definition) is 0. The highest BCUT2D eigenvalue weighted by Crippen LogP contribution is 2.22. The second-order valence-corrected chi connectivity index (χ2v) is 6.92. The highest BCUT2D eigenvalue weighted by atomic mass is 79.9. The molecule has 112 valence electrons. The Hall–Kier alpha value is -0.290. The Labute approximate surface area is 134 Å². The lowest BCUT2D eigenvalue weighted by atomic mass is 10.1. The average molecular weight is 363 g/mol. The summed E-state index contributed by atoms with van der Waals surface area (Å²) in [6.07, 6.45) is 0.103. The average Bonchev–Trinajstić information content (AvgIpc) is 2.37. The molecule has 0 spiro atoms. The van der Waals surface area contributed by atoms with E-state index in [0.29, 0.717) is 12.5 Å². The van der Waals surface area contributed by atoms with Crippen molar-refractivity contribution in [3.05, 3.63) is 28.7 Å². The van der Waals surface area contributed by atoms with Crippen molar-refractivity contribution in [2.75, 3.05) is 32.1 Å². The van der Waals surface area contributed by atoms with Crippen LogP contribution in [0.2, 0.25) is 0 Å². The number of hydrogen-bond acceptors (Lipinski definition) is 3. The maximum atomic E-state index is 5.93. The first kappa shape index (κ1) is 16.1. The van der Waals surface area contributed by atoms with Crippen LogP contribution in [0, 0.1) is 0 Å². The first-order chi connectivity index (χ1) is 9.48. The van der Waals surface area contributed by atoms with Crippen molar-refractivity contribution in [1.82, 2.24) is 4.90 Å². The molecule has 2 rings (SSSR count). The molecule has 0 aromatic heterocycles. The van der Waals surface area contributed by atoms with Crippen molar-refractivity contribution < 1.29 is 9.47 Å². The molecule has 0 amide bonds. The Morgan fingerprint density at radius 2 is 2.30 bits per heavy atom. The Bertz CT molecular complexity index is 442. The van der Waals surface area contributed by atoms with Gasteiger partial charge in [-0.3, -0.25) is 4.90 Å². The first-order valence-corrected chi connectivity index (χ1v) is 8.16. The minimum atomic E-state index is -0.145. The Balaban J connectivity index is 1.81. The van der Waals surface area contributed by atoms with Gasteiger partial charge in [-0.05, 0) is 32.0 Å². The molecule has 1 aliphatic heterocycles. The zero-order valence-electron chi connectivity index (χ0n) is 11.9. The van der Waals surface area contributed by atoms with Crippen LogP contribution in [-0.2, 0) is 4.74 Å². The van der Waals surface area contributed by atoms with Gasteiger partial charge < -0.3 is 9.47 Å². The van der Waals surface area contributed by atoms with Gasteiger partial charge in [-0.2, -0.15) is 0 Å². The van der Waals surface area contributed by atoms with Crippen molar-refractivity contribution >= 4 is 27.5 Å². The molecule has 1 aliphatic rings. The summed E-state index contributed by atoms with van der Waals surface area (Å²) in [6, 6.07) is 7.91. The highest BCUT2D eigenvalue weighted by Gasteiger charge is 2.32. The van der Waals surface area contributed by atoms with E-state index >= 15 is 0 Å². The van der Waals surface area contributed by atoms with Crippen LogP contribution >= 0.6 is 27.5 Å². The summed E-state index contributed by atoms with van der Waals surface area (Å²) in [5.74, 6) is 1.42. The predicted molar refractivity (Wildman–Crippen MR) is 85.7 cm³/mol. The molecule has 1 aromatic carbocycles. The third-order valence-electron chi connectivity index (χ3n) is 3.20. The molecule has 1 heterocycles. The molecule has 0 radical (unpaired) electrons. The molecule has 0 N–H and O–H groups in total. The standard InChI is InChI=1S/C15H21BrClNO2/c1-15(2)11-18(10-14(9-17)20-15)6-7-19-13-5-3-4-12(16)8-13/h3-5,8,14H,6-7,9-11H2,1-2H3. The summed E-state index contributed by atoms with van der Waals surface area (Å²) >= 11 is 9.37. The van der Waals surface area contributed by atoms with E-state index in [1.54, 1.807) is 0 Å². The summed E-state index contributed by atoms with van der Waals surface area (Å²) < 4.78 is 12.7. The largest absolute Gasteiger partial charge is 0.492 e. The van der Waals surface area contributed by atoms with E-state index in [-0.39, 0.29) is 11.7 Å². The minimum Gasteiger partial charge on any atom is -0.492 e. The normalized spacial score (nSPS) is 22.7. The lowest BCUT2D eigenvalue weighted by Gasteiger charge is -2.42. The molecular formula is C15H21BrClNO2. The maximum absolute atomic E-state index is 5.93. The van der Waals surface area contributed by atoms with Crippen LogP contribution in [0.5, 0.6) is 5.75 Å². The van der Waals surface area contributed by atoms with Crippen LogP contribution in [0.3, 0.4) is 0 Å². The van der Waals surface area contributed by atoms with Crippen molar-refractivity contribution in [2.24, 2.45) is 0 Å². The van der Waals surface area contributed by atoms with Gasteiger partial charge in [0, 0.05) is 30.0 Å². The topological polar surface area (TPSA) is 21.7 Å². The van der Waals surface area contributed by atoms with Gasteiger partial charge in [-0.1, -0.05) is 22.0 Å². The van der Waals surface area contributed by atoms with Gasteiger partial charge in [0.25, 0.3) is 0 Å². The molecule has 20 heavy (non-hydrogen) atoms. The van der Waals surface area contributed by atoms with Gasteiger partial charge >= 0.3 is 0 Å². The van der Waals surface area contributed by atoms with E-state index in [2.05, 4.69) is 34.7 Å². The third kappa shape index (κ3) is 4.92. The van der Waals surface area contributed by atoms with Gasteiger partial charge in [0.15, 0.2) is 0 Å². The molecule has 1 saturated heterocycles. The molecule has 0 saturated carbocycles. The van der Waals surface area contributed by atoms with Gasteiger partial charge in [-0.25, -0.2) is 0 Å². The van der Waals surface area contributed by atoms with E-state index in [1.165, 1.54) is 0 Å². The Morgan fingerprint density at radius 3 is 3.00 bits per heavy atom. The maximum Gasteiger partial charge on any atom is 0.120 e. The minimum absolute atomic E-state index is 0.103. The number of nitrogens with zero attached hydrogens (tertiary/aromatic N) is 1. The highest BCUT2D eigenvalue weighted by molar-refractivity contribution is 9.10. The molecule has 5 heteroatoms. The smallest absolute Gasteiger partial charge is 0.120 e. The van der Waals surface area contributed by atoms with Crippen LogP contribution in [0.15, 0.2) is 28.7 Å². The van der Waals surface area contributed by atoms with Crippen LogP contribution in [0.4, 0.5) is 0 Å². The van der Waals surface area contributed by atoms with Crippen LogP contribution < -0.4 is 4.74 Å². The number of halogens is 2. The van der Waals surface area contributed by atoms with Crippen LogP contribution in [0.25, 0.3) is 0 Å². The van der Waals surface area contributed by atoms with E-state index in [0.717, 1.165) is 29.9 Å². The molecular weight excluding hydrogens is 342 g/mol. The fourth-order valence-electron chi connectivity index (χ4n) is 2.52. The predicted octanol–water partition coefficient (Wildman–Crippen LogP) is 3.55. The van der Waals surface area contributed by atoms with Crippen molar-refractivity contribution in [3.8, 4) is 5.75 Å². The van der Waals surface area contributed by atoms with Gasteiger partial charge in [-0.15, -0.1) is 11.6 Å². The van der Waals surface area contributed by atoms with E-state index < -0.39 is 0 Å². The summed E-state index contributed by atoms with van der Waals surface area (Å²) in [6.45, 7) is 7.53. The number of alkyl halides is 1. The number of rotatable bonds is 5. The summed E-state index contributed by atoms with van der Waals surface area (Å²) in [7, 11) is 0. The molecule has 0 aliphatic carbocycles. The second kappa shape index (κ2) is 7.12. The fraction of sp³-hybridized carbons (Fsp3) is 0.600. The van der Waals surface area contributed by atoms with E-state index in [4.69, 9.17) is 21.1 Å². The summed E-state index contributed by atoms with van der Waals surface area (Å²) in [5, 5.41) is 0. The quantitative estimate of drug-likeness (QED) is 0.748. The fourth-order valence-corrected chi connectivity index (χ4v) is 3.06. The second-order valence-electron chi connectivity index (χ2n) is 5.69. The number of morpholine rings is 1. The van der Waals surface area contributed by atoms with Gasteiger partial charge in [0.2, 0.25) is 0 Å². The third-order valence-corrected chi connectivity index (χ3v) is 4.03.